The number of nitrogens with one attached hydrogen (secondary N) is 1. The van der Waals surface area contributed by atoms with Crippen LogP contribution in [0.25, 0.3) is 0 Å². The van der Waals surface area contributed by atoms with Crippen molar-refractivity contribution in [3.05, 3.63) is 78.0 Å². The number of amides is 1. The minimum Gasteiger partial charge on any atom is -0.490 e. The van der Waals surface area contributed by atoms with Crippen LogP contribution in [0.15, 0.2) is 70.2 Å². The first-order chi connectivity index (χ1) is 16.8. The third-order valence-corrected chi connectivity index (χ3v) is 6.86. The Balaban J connectivity index is 1.67. The summed E-state index contributed by atoms with van der Waals surface area (Å²) in [5.41, 5.74) is 0.920. The second-order valence-electron chi connectivity index (χ2n) is 7.53. The van der Waals surface area contributed by atoms with Crippen molar-refractivity contribution < 1.29 is 31.5 Å². The van der Waals surface area contributed by atoms with E-state index in [1.807, 2.05) is 32.0 Å². The first-order valence-corrected chi connectivity index (χ1v) is 12.7. The van der Waals surface area contributed by atoms with Crippen LogP contribution in [0, 0.1) is 5.82 Å². The van der Waals surface area contributed by atoms with Crippen LogP contribution in [0.1, 0.15) is 25.2 Å². The lowest BCUT2D eigenvalue weighted by Crippen LogP contribution is -2.41. The van der Waals surface area contributed by atoms with Crippen LogP contribution in [-0.2, 0) is 27.8 Å². The van der Waals surface area contributed by atoms with Crippen LogP contribution in [0.5, 0.6) is 11.5 Å². The van der Waals surface area contributed by atoms with Gasteiger partial charge in [0.2, 0.25) is 15.9 Å². The van der Waals surface area contributed by atoms with E-state index in [9.17, 15) is 17.6 Å². The quantitative estimate of drug-likeness (QED) is 0.381. The minimum atomic E-state index is -4.30. The number of furan rings is 1. The van der Waals surface area contributed by atoms with Gasteiger partial charge in [-0.1, -0.05) is 18.2 Å². The van der Waals surface area contributed by atoms with Crippen molar-refractivity contribution in [2.24, 2.45) is 0 Å². The zero-order valence-corrected chi connectivity index (χ0v) is 20.5. The predicted octanol–water partition coefficient (Wildman–Crippen LogP) is 3.77. The Morgan fingerprint density at radius 3 is 2.46 bits per heavy atom. The van der Waals surface area contributed by atoms with E-state index in [4.69, 9.17) is 13.9 Å². The number of nitrogens with zero attached hydrogens (tertiary/aromatic N) is 1. The summed E-state index contributed by atoms with van der Waals surface area (Å²) in [6.45, 7) is 4.33. The Morgan fingerprint density at radius 2 is 1.77 bits per heavy atom. The van der Waals surface area contributed by atoms with Gasteiger partial charge in [0.15, 0.2) is 11.5 Å². The van der Waals surface area contributed by atoms with Crippen LogP contribution in [0.3, 0.4) is 0 Å². The second kappa shape index (κ2) is 12.4. The Labute approximate surface area is 204 Å². The van der Waals surface area contributed by atoms with E-state index in [-0.39, 0.29) is 13.1 Å². The van der Waals surface area contributed by atoms with Crippen LogP contribution in [0.2, 0.25) is 0 Å². The molecule has 3 aromatic rings. The van der Waals surface area contributed by atoms with Gasteiger partial charge in [0.05, 0.1) is 32.6 Å². The van der Waals surface area contributed by atoms with Gasteiger partial charge in [-0.2, -0.15) is 4.31 Å². The van der Waals surface area contributed by atoms with E-state index < -0.39 is 33.2 Å². The maximum Gasteiger partial charge on any atom is 0.246 e. The highest BCUT2D eigenvalue weighted by molar-refractivity contribution is 7.89. The van der Waals surface area contributed by atoms with Gasteiger partial charge < -0.3 is 19.2 Å². The summed E-state index contributed by atoms with van der Waals surface area (Å²) in [6.07, 6.45) is 1.90. The molecule has 10 heteroatoms. The van der Waals surface area contributed by atoms with Gasteiger partial charge in [0, 0.05) is 6.54 Å². The van der Waals surface area contributed by atoms with Crippen molar-refractivity contribution in [2.45, 2.75) is 31.7 Å². The number of hydrogen-bond acceptors (Lipinski definition) is 6. The van der Waals surface area contributed by atoms with Crippen molar-refractivity contribution >= 4 is 15.9 Å². The van der Waals surface area contributed by atoms with E-state index in [1.165, 1.54) is 24.5 Å². The molecule has 0 radical (unpaired) electrons. The van der Waals surface area contributed by atoms with Gasteiger partial charge in [-0.25, -0.2) is 12.8 Å². The smallest absolute Gasteiger partial charge is 0.246 e. The van der Waals surface area contributed by atoms with Gasteiger partial charge in [-0.3, -0.25) is 4.79 Å². The molecule has 0 saturated carbocycles. The number of sulfonamides is 1. The predicted molar refractivity (Wildman–Crippen MR) is 128 cm³/mol. The summed E-state index contributed by atoms with van der Waals surface area (Å²) < 4.78 is 57.9. The molecule has 1 heterocycles. The number of hydrogen-bond donors (Lipinski definition) is 1. The van der Waals surface area contributed by atoms with Gasteiger partial charge in [-0.05, 0) is 62.2 Å². The van der Waals surface area contributed by atoms with E-state index in [0.29, 0.717) is 36.9 Å². The molecule has 0 atom stereocenters. The van der Waals surface area contributed by atoms with E-state index in [0.717, 1.165) is 15.9 Å². The lowest BCUT2D eigenvalue weighted by atomic mass is 10.1. The average molecular weight is 505 g/mol. The molecule has 0 aliphatic rings. The molecule has 1 aromatic heterocycles. The molecule has 0 fully saturated rings. The Hall–Kier alpha value is -3.37. The van der Waals surface area contributed by atoms with Crippen LogP contribution in [0.4, 0.5) is 4.39 Å². The lowest BCUT2D eigenvalue weighted by Gasteiger charge is -2.21. The van der Waals surface area contributed by atoms with Crippen molar-refractivity contribution in [1.29, 1.82) is 0 Å². The maximum atomic E-state index is 14.3. The van der Waals surface area contributed by atoms with Crippen LogP contribution >= 0.6 is 0 Å². The second-order valence-corrected chi connectivity index (χ2v) is 9.44. The van der Waals surface area contributed by atoms with E-state index >= 15 is 0 Å². The van der Waals surface area contributed by atoms with E-state index in [1.54, 1.807) is 12.1 Å². The molecule has 0 spiro atoms. The van der Waals surface area contributed by atoms with Crippen molar-refractivity contribution in [3.63, 3.8) is 0 Å². The number of carbonyl (C=O) groups is 1. The summed E-state index contributed by atoms with van der Waals surface area (Å²) in [5, 5.41) is 2.73. The molecule has 0 aliphatic carbocycles. The molecule has 1 amide bonds. The average Bonchev–Trinajstić information content (AvgIpc) is 3.34. The Bertz CT molecular complexity index is 1210. The molecule has 0 unspecified atom stereocenters. The summed E-state index contributed by atoms with van der Waals surface area (Å²) in [7, 11) is -4.30. The molecule has 188 valence electrons. The Morgan fingerprint density at radius 1 is 1.03 bits per heavy atom. The molecule has 0 saturated heterocycles. The van der Waals surface area contributed by atoms with Crippen LogP contribution in [-0.4, -0.2) is 44.9 Å². The topological polar surface area (TPSA) is 98.1 Å². The molecule has 3 rings (SSSR count). The normalized spacial score (nSPS) is 11.4. The van der Waals surface area contributed by atoms with E-state index in [2.05, 4.69) is 5.32 Å². The van der Waals surface area contributed by atoms with Crippen molar-refractivity contribution in [2.75, 3.05) is 26.3 Å². The first kappa shape index (κ1) is 26.2. The summed E-state index contributed by atoms with van der Waals surface area (Å²) in [5.74, 6) is 0.189. The molecule has 8 nitrogen and oxygen atoms in total. The third-order valence-electron chi connectivity index (χ3n) is 5.03. The Kier molecular flexibility index (Phi) is 9.27. The van der Waals surface area contributed by atoms with Gasteiger partial charge in [0.1, 0.15) is 16.5 Å². The molecule has 0 bridgehead atoms. The fourth-order valence-corrected chi connectivity index (χ4v) is 4.84. The fraction of sp³-hybridized carbons (Fsp3) is 0.320. The summed E-state index contributed by atoms with van der Waals surface area (Å²) in [6, 6.07) is 13.8. The molecular formula is C25H29FN2O6S. The number of carbonyl (C=O) groups excluding carboxylic acids is 1. The lowest BCUT2D eigenvalue weighted by molar-refractivity contribution is -0.121. The summed E-state index contributed by atoms with van der Waals surface area (Å²) in [4.78, 5) is 12.2. The van der Waals surface area contributed by atoms with Crippen molar-refractivity contribution in [3.8, 4) is 11.5 Å². The van der Waals surface area contributed by atoms with Crippen LogP contribution < -0.4 is 14.8 Å². The van der Waals surface area contributed by atoms with Crippen molar-refractivity contribution in [1.82, 2.24) is 9.62 Å². The number of benzene rings is 2. The van der Waals surface area contributed by atoms with Gasteiger partial charge >= 0.3 is 0 Å². The minimum absolute atomic E-state index is 0.215. The monoisotopic (exact) mass is 504 g/mol. The number of halogens is 1. The molecule has 0 aliphatic heterocycles. The molecule has 1 N–H and O–H groups in total. The third kappa shape index (κ3) is 7.06. The SMILES string of the molecule is CCOc1ccc(CCNC(=O)CN(Cc2ccco2)S(=O)(=O)c2ccccc2F)cc1OCC. The first-order valence-electron chi connectivity index (χ1n) is 11.3. The fourth-order valence-electron chi connectivity index (χ4n) is 3.41. The van der Waals surface area contributed by atoms with Gasteiger partial charge in [-0.15, -0.1) is 0 Å². The largest absolute Gasteiger partial charge is 0.490 e. The highest BCUT2D eigenvalue weighted by Gasteiger charge is 2.30. The molecule has 35 heavy (non-hydrogen) atoms. The van der Waals surface area contributed by atoms with Gasteiger partial charge in [0.25, 0.3) is 0 Å². The number of ether oxygens (including phenoxy) is 2. The molecular weight excluding hydrogens is 475 g/mol. The highest BCUT2D eigenvalue weighted by Crippen LogP contribution is 2.28. The zero-order chi connectivity index (χ0) is 25.3. The summed E-state index contributed by atoms with van der Waals surface area (Å²) >= 11 is 0. The maximum absolute atomic E-state index is 14.3. The molecule has 2 aromatic carbocycles. The standard InChI is InChI=1S/C25H29FN2O6S/c1-3-32-22-12-11-19(16-23(22)33-4-2)13-14-27-25(29)18-28(17-20-8-7-15-34-20)35(30,31)24-10-6-5-9-21(24)26/h5-12,15-16H,3-4,13-14,17-18H2,1-2H3,(H,27,29). The zero-order valence-electron chi connectivity index (χ0n) is 19.7. The highest BCUT2D eigenvalue weighted by atomic mass is 32.2. The number of rotatable bonds is 13.